The molecule has 0 radical (unpaired) electrons. The lowest BCUT2D eigenvalue weighted by molar-refractivity contribution is 0.0625. The van der Waals surface area contributed by atoms with Crippen molar-refractivity contribution in [3.05, 3.63) is 65.5 Å². The number of para-hydroxylation sites is 1. The molecule has 27 heavy (non-hydrogen) atoms. The van der Waals surface area contributed by atoms with Crippen molar-refractivity contribution >= 4 is 22.6 Å². The third-order valence-electron chi connectivity index (χ3n) is 5.00. The summed E-state index contributed by atoms with van der Waals surface area (Å²) < 4.78 is 0. The Balaban J connectivity index is 1.39. The predicted molar refractivity (Wildman–Crippen MR) is 106 cm³/mol. The number of nitrogens with two attached hydrogens (primary N) is 1. The fraction of sp³-hybridized carbons (Fsp3) is 0.286. The van der Waals surface area contributed by atoms with Crippen LogP contribution in [0.5, 0.6) is 0 Å². The molecule has 6 heteroatoms. The van der Waals surface area contributed by atoms with Crippen molar-refractivity contribution in [3.63, 3.8) is 0 Å². The number of aryl methyl sites for hydroxylation is 1. The number of amides is 1. The lowest BCUT2D eigenvalue weighted by atomic mass is 10.1. The van der Waals surface area contributed by atoms with Crippen LogP contribution < -0.4 is 5.73 Å². The first-order chi connectivity index (χ1) is 13.1. The highest BCUT2D eigenvalue weighted by Gasteiger charge is 2.22. The van der Waals surface area contributed by atoms with Gasteiger partial charge in [-0.1, -0.05) is 29.8 Å². The molecule has 1 aromatic heterocycles. The zero-order valence-electron chi connectivity index (χ0n) is 15.4. The standard InChI is InChI=1S/C21H23N5O/c1-15-6-8-16(9-7-15)21(27)26-12-10-25(11-13-26)14-19-23-18-5-3-2-4-17(18)20(22)24-19/h2-9H,10-14H2,1H3,(H2,22,23,24). The van der Waals surface area contributed by atoms with Gasteiger partial charge in [-0.15, -0.1) is 0 Å². The quantitative estimate of drug-likeness (QED) is 0.776. The number of carbonyl (C=O) groups is 1. The van der Waals surface area contributed by atoms with Crippen LogP contribution in [0.2, 0.25) is 0 Å². The van der Waals surface area contributed by atoms with Gasteiger partial charge in [-0.2, -0.15) is 0 Å². The van der Waals surface area contributed by atoms with Gasteiger partial charge in [0, 0.05) is 37.1 Å². The highest BCUT2D eigenvalue weighted by Crippen LogP contribution is 2.18. The number of nitrogen functional groups attached to an aromatic ring is 1. The zero-order valence-corrected chi connectivity index (χ0v) is 15.4. The number of hydrogen-bond acceptors (Lipinski definition) is 5. The molecule has 2 aromatic carbocycles. The van der Waals surface area contributed by atoms with Gasteiger partial charge in [-0.25, -0.2) is 9.97 Å². The average Bonchev–Trinajstić information content (AvgIpc) is 2.69. The van der Waals surface area contributed by atoms with Gasteiger partial charge in [0.25, 0.3) is 5.91 Å². The van der Waals surface area contributed by atoms with Crippen LogP contribution in [0.3, 0.4) is 0 Å². The Bertz CT molecular complexity index is 962. The zero-order chi connectivity index (χ0) is 18.8. The Kier molecular flexibility index (Phi) is 4.73. The van der Waals surface area contributed by atoms with Crippen LogP contribution in [0, 0.1) is 6.92 Å². The molecule has 1 aliphatic rings. The summed E-state index contributed by atoms with van der Waals surface area (Å²) >= 11 is 0. The Morgan fingerprint density at radius 2 is 1.70 bits per heavy atom. The first kappa shape index (κ1) is 17.4. The molecule has 1 aliphatic heterocycles. The Morgan fingerprint density at radius 3 is 2.44 bits per heavy atom. The van der Waals surface area contributed by atoms with Gasteiger partial charge in [0.1, 0.15) is 11.6 Å². The van der Waals surface area contributed by atoms with E-state index < -0.39 is 0 Å². The second-order valence-electron chi connectivity index (χ2n) is 6.98. The maximum Gasteiger partial charge on any atom is 0.253 e. The fourth-order valence-corrected chi connectivity index (χ4v) is 3.41. The number of benzene rings is 2. The minimum Gasteiger partial charge on any atom is -0.383 e. The van der Waals surface area contributed by atoms with Gasteiger partial charge in [0.05, 0.1) is 12.1 Å². The number of piperazine rings is 1. The summed E-state index contributed by atoms with van der Waals surface area (Å²) in [7, 11) is 0. The number of anilines is 1. The number of hydrogen-bond donors (Lipinski definition) is 1. The molecular weight excluding hydrogens is 338 g/mol. The SMILES string of the molecule is Cc1ccc(C(=O)N2CCN(Cc3nc(N)c4ccccc4n3)CC2)cc1. The average molecular weight is 361 g/mol. The van der Waals surface area contributed by atoms with Gasteiger partial charge in [-0.3, -0.25) is 9.69 Å². The lowest BCUT2D eigenvalue weighted by Crippen LogP contribution is -2.48. The van der Waals surface area contributed by atoms with Crippen molar-refractivity contribution in [2.75, 3.05) is 31.9 Å². The number of fused-ring (bicyclic) bond motifs is 1. The van der Waals surface area contributed by atoms with E-state index >= 15 is 0 Å². The third-order valence-corrected chi connectivity index (χ3v) is 5.00. The normalized spacial score (nSPS) is 15.2. The summed E-state index contributed by atoms with van der Waals surface area (Å²) in [6, 6.07) is 15.5. The molecule has 0 saturated carbocycles. The summed E-state index contributed by atoms with van der Waals surface area (Å²) in [5.41, 5.74) is 8.85. The monoisotopic (exact) mass is 361 g/mol. The van der Waals surface area contributed by atoms with Gasteiger partial charge in [0.15, 0.2) is 0 Å². The highest BCUT2D eigenvalue weighted by atomic mass is 16.2. The third kappa shape index (κ3) is 3.75. The maximum absolute atomic E-state index is 12.6. The molecule has 1 fully saturated rings. The van der Waals surface area contributed by atoms with Crippen molar-refractivity contribution in [3.8, 4) is 0 Å². The van der Waals surface area contributed by atoms with Gasteiger partial charge >= 0.3 is 0 Å². The molecule has 0 spiro atoms. The van der Waals surface area contributed by atoms with Crippen LogP contribution in [0.15, 0.2) is 48.5 Å². The fourth-order valence-electron chi connectivity index (χ4n) is 3.41. The van der Waals surface area contributed by atoms with Crippen molar-refractivity contribution in [1.29, 1.82) is 0 Å². The number of nitrogens with zero attached hydrogens (tertiary/aromatic N) is 4. The van der Waals surface area contributed by atoms with Crippen molar-refractivity contribution in [2.24, 2.45) is 0 Å². The smallest absolute Gasteiger partial charge is 0.253 e. The topological polar surface area (TPSA) is 75.4 Å². The molecule has 2 N–H and O–H groups in total. The number of rotatable bonds is 3. The molecule has 4 rings (SSSR count). The van der Waals surface area contributed by atoms with Crippen LogP contribution >= 0.6 is 0 Å². The van der Waals surface area contributed by atoms with Crippen molar-refractivity contribution < 1.29 is 4.79 Å². The van der Waals surface area contributed by atoms with E-state index in [1.54, 1.807) is 0 Å². The molecular formula is C21H23N5O. The van der Waals surface area contributed by atoms with Crippen LogP contribution in [0.1, 0.15) is 21.7 Å². The molecule has 1 amide bonds. The summed E-state index contributed by atoms with van der Waals surface area (Å²) in [5, 5.41) is 0.884. The van der Waals surface area contributed by atoms with E-state index in [0.29, 0.717) is 25.5 Å². The predicted octanol–water partition coefficient (Wildman–Crippen LogP) is 2.48. The molecule has 0 unspecified atom stereocenters. The number of carbonyl (C=O) groups excluding carboxylic acids is 1. The summed E-state index contributed by atoms with van der Waals surface area (Å²) in [5.74, 6) is 1.34. The van der Waals surface area contributed by atoms with Crippen LogP contribution in [-0.2, 0) is 6.54 Å². The van der Waals surface area contributed by atoms with E-state index in [1.807, 2.05) is 60.4 Å². The maximum atomic E-state index is 12.6. The largest absolute Gasteiger partial charge is 0.383 e. The van der Waals surface area contributed by atoms with E-state index in [4.69, 9.17) is 5.73 Å². The molecule has 2 heterocycles. The molecule has 0 aliphatic carbocycles. The van der Waals surface area contributed by atoms with E-state index in [2.05, 4.69) is 14.9 Å². The summed E-state index contributed by atoms with van der Waals surface area (Å²) in [6.07, 6.45) is 0. The molecule has 1 saturated heterocycles. The van der Waals surface area contributed by atoms with Crippen molar-refractivity contribution in [1.82, 2.24) is 19.8 Å². The molecule has 6 nitrogen and oxygen atoms in total. The minimum atomic E-state index is 0.0980. The van der Waals surface area contributed by atoms with E-state index in [1.165, 1.54) is 0 Å². The number of aromatic nitrogens is 2. The lowest BCUT2D eigenvalue weighted by Gasteiger charge is -2.34. The van der Waals surface area contributed by atoms with Crippen LogP contribution in [0.25, 0.3) is 10.9 Å². The first-order valence-corrected chi connectivity index (χ1v) is 9.19. The van der Waals surface area contributed by atoms with E-state index in [0.717, 1.165) is 40.9 Å². The first-order valence-electron chi connectivity index (χ1n) is 9.19. The van der Waals surface area contributed by atoms with Crippen LogP contribution in [0.4, 0.5) is 5.82 Å². The van der Waals surface area contributed by atoms with Gasteiger partial charge in [0.2, 0.25) is 0 Å². The molecule has 0 atom stereocenters. The van der Waals surface area contributed by atoms with Gasteiger partial charge in [-0.05, 0) is 31.2 Å². The summed E-state index contributed by atoms with van der Waals surface area (Å²) in [4.78, 5) is 25.9. The second-order valence-corrected chi connectivity index (χ2v) is 6.98. The van der Waals surface area contributed by atoms with Gasteiger partial charge < -0.3 is 10.6 Å². The van der Waals surface area contributed by atoms with E-state index in [9.17, 15) is 4.79 Å². The Labute approximate surface area is 158 Å². The van der Waals surface area contributed by atoms with Crippen LogP contribution in [-0.4, -0.2) is 51.9 Å². The molecule has 138 valence electrons. The van der Waals surface area contributed by atoms with Crippen molar-refractivity contribution in [2.45, 2.75) is 13.5 Å². The molecule has 3 aromatic rings. The Morgan fingerprint density at radius 1 is 1.00 bits per heavy atom. The molecule has 0 bridgehead atoms. The van der Waals surface area contributed by atoms with E-state index in [-0.39, 0.29) is 5.91 Å². The highest BCUT2D eigenvalue weighted by molar-refractivity contribution is 5.94. The summed E-state index contributed by atoms with van der Waals surface area (Å²) in [6.45, 7) is 5.67. The second kappa shape index (κ2) is 7.32. The Hall–Kier alpha value is -2.99. The minimum absolute atomic E-state index is 0.0980.